The number of aliphatic hydroxyl groups excluding tert-OH is 1. The van der Waals surface area contributed by atoms with Crippen molar-refractivity contribution < 1.29 is 9.84 Å². The van der Waals surface area contributed by atoms with E-state index in [1.165, 1.54) is 11.1 Å². The molecule has 0 aliphatic heterocycles. The van der Waals surface area contributed by atoms with E-state index < -0.39 is 0 Å². The molecule has 1 aromatic rings. The monoisotopic (exact) mass is 202 g/mol. The van der Waals surface area contributed by atoms with Crippen molar-refractivity contribution in [1.82, 2.24) is 0 Å². The van der Waals surface area contributed by atoms with Crippen LogP contribution in [0.1, 0.15) is 17.5 Å². The fourth-order valence-electron chi connectivity index (χ4n) is 2.98. The highest BCUT2D eigenvalue weighted by atomic mass is 16.5. The number of methoxy groups -OCH3 is 1. The van der Waals surface area contributed by atoms with Crippen LogP contribution in [-0.4, -0.2) is 18.8 Å². The minimum atomic E-state index is -0.292. The maximum absolute atomic E-state index is 9.59. The van der Waals surface area contributed by atoms with E-state index in [0.29, 0.717) is 0 Å². The van der Waals surface area contributed by atoms with Crippen LogP contribution in [-0.2, 0) is 15.8 Å². The highest BCUT2D eigenvalue weighted by Crippen LogP contribution is 2.56. The lowest BCUT2D eigenvalue weighted by atomic mass is 9.83. The van der Waals surface area contributed by atoms with Gasteiger partial charge >= 0.3 is 0 Å². The second-order valence-corrected chi connectivity index (χ2v) is 4.46. The van der Waals surface area contributed by atoms with Gasteiger partial charge in [0, 0.05) is 12.5 Å². The van der Waals surface area contributed by atoms with Gasteiger partial charge in [-0.05, 0) is 17.5 Å². The van der Waals surface area contributed by atoms with E-state index >= 15 is 0 Å². The fraction of sp³-hybridized carbons (Fsp3) is 0.385. The number of benzene rings is 1. The molecule has 2 atom stereocenters. The Kier molecular flexibility index (Phi) is 1.65. The minimum Gasteiger partial charge on any atom is -0.395 e. The van der Waals surface area contributed by atoms with E-state index in [4.69, 9.17) is 4.74 Å². The normalized spacial score (nSPS) is 35.9. The Morgan fingerprint density at radius 2 is 2.00 bits per heavy atom. The Morgan fingerprint density at radius 1 is 1.27 bits per heavy atom. The summed E-state index contributed by atoms with van der Waals surface area (Å²) in [5, 5.41) is 9.59. The molecule has 2 unspecified atom stereocenters. The lowest BCUT2D eigenvalue weighted by Gasteiger charge is -2.24. The summed E-state index contributed by atoms with van der Waals surface area (Å²) in [4.78, 5) is 0. The number of aliphatic hydroxyl groups is 1. The third-order valence-corrected chi connectivity index (χ3v) is 3.82. The maximum atomic E-state index is 9.59. The van der Waals surface area contributed by atoms with Crippen LogP contribution in [0.25, 0.3) is 0 Å². The van der Waals surface area contributed by atoms with Crippen molar-refractivity contribution in [2.45, 2.75) is 17.4 Å². The smallest absolute Gasteiger partial charge is 0.112 e. The first kappa shape index (κ1) is 9.13. The van der Waals surface area contributed by atoms with Gasteiger partial charge in [0.2, 0.25) is 0 Å². The Hall–Kier alpha value is -1.12. The molecule has 0 heterocycles. The molecule has 1 N–H and O–H groups in total. The highest BCUT2D eigenvalue weighted by molar-refractivity contribution is 5.54. The largest absolute Gasteiger partial charge is 0.395 e. The van der Waals surface area contributed by atoms with Gasteiger partial charge in [0.1, 0.15) is 5.60 Å². The molecule has 78 valence electrons. The average Bonchev–Trinajstić information content (AvgIpc) is 2.83. The van der Waals surface area contributed by atoms with E-state index in [0.717, 1.165) is 6.42 Å². The maximum Gasteiger partial charge on any atom is 0.112 e. The summed E-state index contributed by atoms with van der Waals surface area (Å²) in [7, 11) is 1.74. The van der Waals surface area contributed by atoms with Crippen LogP contribution in [0.3, 0.4) is 0 Å². The lowest BCUT2D eigenvalue weighted by Crippen LogP contribution is -2.24. The SMILES string of the molecule is COC12C=CC(CO)(C1)c1ccccc12. The number of hydrogen-bond acceptors (Lipinski definition) is 2. The van der Waals surface area contributed by atoms with E-state index in [1.807, 2.05) is 12.1 Å². The summed E-state index contributed by atoms with van der Waals surface area (Å²) in [6.45, 7) is 0.158. The van der Waals surface area contributed by atoms with Crippen molar-refractivity contribution in [2.24, 2.45) is 0 Å². The van der Waals surface area contributed by atoms with E-state index in [1.54, 1.807) is 7.11 Å². The molecular formula is C13H14O2. The molecule has 0 spiro atoms. The molecule has 1 aromatic carbocycles. The average molecular weight is 202 g/mol. The second kappa shape index (κ2) is 2.71. The van der Waals surface area contributed by atoms with Crippen molar-refractivity contribution in [3.8, 4) is 0 Å². The van der Waals surface area contributed by atoms with Crippen molar-refractivity contribution >= 4 is 0 Å². The summed E-state index contributed by atoms with van der Waals surface area (Å²) in [6.07, 6.45) is 5.02. The van der Waals surface area contributed by atoms with E-state index in [2.05, 4.69) is 24.3 Å². The fourth-order valence-corrected chi connectivity index (χ4v) is 2.98. The van der Waals surface area contributed by atoms with Gasteiger partial charge in [-0.15, -0.1) is 0 Å². The molecule has 2 nitrogen and oxygen atoms in total. The molecule has 2 bridgehead atoms. The summed E-state index contributed by atoms with van der Waals surface area (Å²) >= 11 is 0. The molecule has 3 rings (SSSR count). The first-order valence-electron chi connectivity index (χ1n) is 5.23. The van der Waals surface area contributed by atoms with Crippen LogP contribution >= 0.6 is 0 Å². The third kappa shape index (κ3) is 0.912. The van der Waals surface area contributed by atoms with Crippen LogP contribution in [0, 0.1) is 0 Å². The lowest BCUT2D eigenvalue weighted by molar-refractivity contribution is 0.0257. The molecule has 0 saturated heterocycles. The Balaban J connectivity index is 2.26. The molecule has 15 heavy (non-hydrogen) atoms. The molecule has 2 aliphatic rings. The molecule has 0 radical (unpaired) electrons. The number of ether oxygens (including phenoxy) is 1. The van der Waals surface area contributed by atoms with E-state index in [-0.39, 0.29) is 17.6 Å². The summed E-state index contributed by atoms with van der Waals surface area (Å²) < 4.78 is 5.65. The molecule has 2 heteroatoms. The van der Waals surface area contributed by atoms with Gasteiger partial charge < -0.3 is 9.84 Å². The first-order valence-corrected chi connectivity index (χ1v) is 5.23. The van der Waals surface area contributed by atoms with Crippen LogP contribution in [0.4, 0.5) is 0 Å². The Bertz CT molecular complexity index is 399. The van der Waals surface area contributed by atoms with Gasteiger partial charge in [0.25, 0.3) is 0 Å². The van der Waals surface area contributed by atoms with Crippen molar-refractivity contribution in [3.05, 3.63) is 47.5 Å². The second-order valence-electron chi connectivity index (χ2n) is 4.46. The standard InChI is InChI=1S/C13H14O2/c1-15-13-7-6-12(8-13,9-14)10-4-2-3-5-11(10)13/h2-7,14H,8-9H2,1H3. The van der Waals surface area contributed by atoms with Gasteiger partial charge in [0.15, 0.2) is 0 Å². The van der Waals surface area contributed by atoms with Crippen molar-refractivity contribution in [2.75, 3.05) is 13.7 Å². The van der Waals surface area contributed by atoms with Crippen LogP contribution in [0.2, 0.25) is 0 Å². The predicted molar refractivity (Wildman–Crippen MR) is 57.6 cm³/mol. The first-order chi connectivity index (χ1) is 7.26. The zero-order chi connectivity index (χ0) is 10.5. The van der Waals surface area contributed by atoms with E-state index in [9.17, 15) is 5.11 Å². The van der Waals surface area contributed by atoms with Gasteiger partial charge in [-0.25, -0.2) is 0 Å². The molecule has 0 amide bonds. The van der Waals surface area contributed by atoms with Gasteiger partial charge in [-0.2, -0.15) is 0 Å². The molecule has 0 fully saturated rings. The quantitative estimate of drug-likeness (QED) is 0.740. The van der Waals surface area contributed by atoms with Gasteiger partial charge in [-0.1, -0.05) is 36.4 Å². The minimum absolute atomic E-state index is 0.158. The van der Waals surface area contributed by atoms with Crippen LogP contribution in [0.15, 0.2) is 36.4 Å². The predicted octanol–water partition coefficient (Wildman–Crippen LogP) is 1.73. The molecule has 0 aromatic heterocycles. The van der Waals surface area contributed by atoms with Gasteiger partial charge in [-0.3, -0.25) is 0 Å². The Morgan fingerprint density at radius 3 is 2.67 bits per heavy atom. The van der Waals surface area contributed by atoms with Crippen LogP contribution < -0.4 is 0 Å². The summed E-state index contributed by atoms with van der Waals surface area (Å²) in [6, 6.07) is 8.24. The molecule has 0 saturated carbocycles. The number of rotatable bonds is 2. The number of fused-ring (bicyclic) bond motifs is 5. The zero-order valence-electron chi connectivity index (χ0n) is 8.73. The molecular weight excluding hydrogens is 188 g/mol. The third-order valence-electron chi connectivity index (χ3n) is 3.82. The summed E-state index contributed by atoms with van der Waals surface area (Å²) in [5.41, 5.74) is 1.94. The van der Waals surface area contributed by atoms with Gasteiger partial charge in [0.05, 0.1) is 6.61 Å². The van der Waals surface area contributed by atoms with Crippen LogP contribution in [0.5, 0.6) is 0 Å². The van der Waals surface area contributed by atoms with Crippen molar-refractivity contribution in [3.63, 3.8) is 0 Å². The highest BCUT2D eigenvalue weighted by Gasteiger charge is 2.54. The molecule has 2 aliphatic carbocycles. The van der Waals surface area contributed by atoms with Crippen molar-refractivity contribution in [1.29, 1.82) is 0 Å². The topological polar surface area (TPSA) is 29.5 Å². The number of hydrogen-bond donors (Lipinski definition) is 1. The summed E-state index contributed by atoms with van der Waals surface area (Å²) in [5.74, 6) is 0. The zero-order valence-corrected chi connectivity index (χ0v) is 8.73. The Labute approximate surface area is 89.2 Å².